The normalized spacial score (nSPS) is 10.8. The van der Waals surface area contributed by atoms with Crippen LogP contribution >= 0.6 is 0 Å². The van der Waals surface area contributed by atoms with Crippen molar-refractivity contribution in [2.24, 2.45) is 7.05 Å². The van der Waals surface area contributed by atoms with Gasteiger partial charge in [-0.05, 0) is 26.1 Å². The molecule has 1 heterocycles. The van der Waals surface area contributed by atoms with Crippen molar-refractivity contribution in [3.8, 4) is 5.75 Å². The van der Waals surface area contributed by atoms with Crippen LogP contribution in [0.3, 0.4) is 0 Å². The number of methoxy groups -OCH3 is 1. The minimum Gasteiger partial charge on any atom is -0.497 e. The average molecular weight is 302 g/mol. The van der Waals surface area contributed by atoms with E-state index in [9.17, 15) is 4.79 Å². The number of hydrogen-bond donors (Lipinski definition) is 1. The van der Waals surface area contributed by atoms with Crippen molar-refractivity contribution in [3.63, 3.8) is 0 Å². The Balaban J connectivity index is 1.89. The maximum atomic E-state index is 12.1. The molecule has 0 aliphatic carbocycles. The van der Waals surface area contributed by atoms with Crippen LogP contribution in [-0.4, -0.2) is 41.3 Å². The van der Waals surface area contributed by atoms with Gasteiger partial charge in [0, 0.05) is 36.6 Å². The predicted octanol–water partition coefficient (Wildman–Crippen LogP) is 1.81. The summed E-state index contributed by atoms with van der Waals surface area (Å²) in [4.78, 5) is 14.0. The third kappa shape index (κ3) is 4.08. The van der Waals surface area contributed by atoms with Crippen LogP contribution in [0, 0.1) is 6.92 Å². The molecule has 0 saturated heterocycles. The summed E-state index contributed by atoms with van der Waals surface area (Å²) in [6, 6.07) is 7.32. The lowest BCUT2D eigenvalue weighted by Gasteiger charge is -2.16. The molecular formula is C16H22N4O2. The Hall–Kier alpha value is -2.34. The van der Waals surface area contributed by atoms with Crippen LogP contribution in [0.4, 0.5) is 5.69 Å². The van der Waals surface area contributed by atoms with Gasteiger partial charge in [-0.2, -0.15) is 5.10 Å². The molecule has 1 N–H and O–H groups in total. The molecule has 0 atom stereocenters. The Morgan fingerprint density at radius 3 is 2.86 bits per heavy atom. The van der Waals surface area contributed by atoms with Crippen LogP contribution in [-0.2, 0) is 18.4 Å². The Kier molecular flexibility index (Phi) is 5.16. The first-order chi connectivity index (χ1) is 10.5. The number of anilines is 1. The van der Waals surface area contributed by atoms with Gasteiger partial charge in [-0.15, -0.1) is 0 Å². The summed E-state index contributed by atoms with van der Waals surface area (Å²) in [7, 11) is 5.43. The van der Waals surface area contributed by atoms with Crippen LogP contribution in [0.25, 0.3) is 0 Å². The number of carbonyl (C=O) groups excluding carboxylic acids is 1. The zero-order chi connectivity index (χ0) is 16.1. The quantitative estimate of drug-likeness (QED) is 0.884. The first-order valence-electron chi connectivity index (χ1n) is 7.09. The summed E-state index contributed by atoms with van der Waals surface area (Å²) in [5, 5.41) is 7.08. The molecule has 0 aliphatic heterocycles. The molecule has 0 radical (unpaired) electrons. The van der Waals surface area contributed by atoms with Crippen molar-refractivity contribution in [1.29, 1.82) is 0 Å². The molecule has 1 aromatic carbocycles. The molecule has 2 aromatic rings. The molecule has 0 unspecified atom stereocenters. The number of hydrogen-bond acceptors (Lipinski definition) is 4. The number of carbonyl (C=O) groups is 1. The van der Waals surface area contributed by atoms with Crippen molar-refractivity contribution >= 4 is 11.6 Å². The minimum absolute atomic E-state index is 0.0581. The number of amides is 1. The first-order valence-corrected chi connectivity index (χ1v) is 7.09. The molecule has 2 rings (SSSR count). The fraction of sp³-hybridized carbons (Fsp3) is 0.375. The highest BCUT2D eigenvalue weighted by Gasteiger charge is 2.11. The lowest BCUT2D eigenvalue weighted by atomic mass is 10.2. The zero-order valence-corrected chi connectivity index (χ0v) is 13.5. The molecule has 0 bridgehead atoms. The van der Waals surface area contributed by atoms with Gasteiger partial charge < -0.3 is 10.1 Å². The number of benzene rings is 1. The Morgan fingerprint density at radius 2 is 2.23 bits per heavy atom. The highest BCUT2D eigenvalue weighted by molar-refractivity contribution is 5.92. The molecule has 0 spiro atoms. The fourth-order valence-electron chi connectivity index (χ4n) is 2.19. The molecule has 6 heteroatoms. The molecule has 0 saturated carbocycles. The van der Waals surface area contributed by atoms with E-state index in [4.69, 9.17) is 4.74 Å². The highest BCUT2D eigenvalue weighted by Crippen LogP contribution is 2.16. The first kappa shape index (κ1) is 16.0. The van der Waals surface area contributed by atoms with E-state index in [1.807, 2.05) is 55.0 Å². The highest BCUT2D eigenvalue weighted by atomic mass is 16.5. The van der Waals surface area contributed by atoms with Gasteiger partial charge in [0.15, 0.2) is 0 Å². The second kappa shape index (κ2) is 7.09. The lowest BCUT2D eigenvalue weighted by molar-refractivity contribution is -0.117. The Bertz CT molecular complexity index is 651. The second-order valence-corrected chi connectivity index (χ2v) is 5.33. The van der Waals surface area contributed by atoms with E-state index in [1.165, 1.54) is 0 Å². The van der Waals surface area contributed by atoms with Crippen LogP contribution in [0.15, 0.2) is 30.5 Å². The Labute approximate surface area is 130 Å². The summed E-state index contributed by atoms with van der Waals surface area (Å²) in [5.41, 5.74) is 2.97. The number of rotatable bonds is 6. The summed E-state index contributed by atoms with van der Waals surface area (Å²) >= 11 is 0. The van der Waals surface area contributed by atoms with E-state index < -0.39 is 0 Å². The van der Waals surface area contributed by atoms with Crippen molar-refractivity contribution in [3.05, 3.63) is 41.7 Å². The molecular weight excluding hydrogens is 280 g/mol. The van der Waals surface area contributed by atoms with E-state index in [0.29, 0.717) is 13.1 Å². The third-order valence-electron chi connectivity index (χ3n) is 3.54. The number of aryl methyl sites for hydroxylation is 1. The molecule has 0 aliphatic rings. The maximum absolute atomic E-state index is 12.1. The monoisotopic (exact) mass is 302 g/mol. The Morgan fingerprint density at radius 1 is 1.45 bits per heavy atom. The van der Waals surface area contributed by atoms with E-state index >= 15 is 0 Å². The average Bonchev–Trinajstić information content (AvgIpc) is 2.79. The van der Waals surface area contributed by atoms with Gasteiger partial charge in [0.1, 0.15) is 5.75 Å². The number of ether oxygens (including phenoxy) is 1. The lowest BCUT2D eigenvalue weighted by Crippen LogP contribution is -2.30. The van der Waals surface area contributed by atoms with Gasteiger partial charge in [0.05, 0.1) is 19.9 Å². The van der Waals surface area contributed by atoms with Crippen molar-refractivity contribution in [2.75, 3.05) is 26.0 Å². The zero-order valence-electron chi connectivity index (χ0n) is 13.5. The number of likely N-dealkylation sites (N-methyl/N-ethyl adjacent to an activating group) is 1. The van der Waals surface area contributed by atoms with Gasteiger partial charge >= 0.3 is 0 Å². The molecule has 6 nitrogen and oxygen atoms in total. The van der Waals surface area contributed by atoms with Crippen LogP contribution in [0.2, 0.25) is 0 Å². The van der Waals surface area contributed by atoms with E-state index in [-0.39, 0.29) is 5.91 Å². The van der Waals surface area contributed by atoms with Crippen molar-refractivity contribution in [2.45, 2.75) is 13.5 Å². The second-order valence-electron chi connectivity index (χ2n) is 5.33. The summed E-state index contributed by atoms with van der Waals surface area (Å²) in [6.45, 7) is 3.02. The third-order valence-corrected chi connectivity index (χ3v) is 3.54. The number of nitrogens with zero attached hydrogens (tertiary/aromatic N) is 3. The van der Waals surface area contributed by atoms with E-state index in [0.717, 1.165) is 22.7 Å². The molecule has 1 aromatic heterocycles. The van der Waals surface area contributed by atoms with E-state index in [1.54, 1.807) is 13.2 Å². The van der Waals surface area contributed by atoms with Gasteiger partial charge in [0.2, 0.25) is 5.91 Å². The minimum atomic E-state index is -0.0581. The summed E-state index contributed by atoms with van der Waals surface area (Å²) in [6.07, 6.45) is 1.84. The number of nitrogens with one attached hydrogen (secondary N) is 1. The number of aromatic nitrogens is 2. The topological polar surface area (TPSA) is 59.4 Å². The van der Waals surface area contributed by atoms with Gasteiger partial charge in [0.25, 0.3) is 0 Å². The SMILES string of the molecule is COc1cccc(NC(=O)CN(C)Cc2cnn(C)c2C)c1. The van der Waals surface area contributed by atoms with Crippen LogP contribution in [0.5, 0.6) is 5.75 Å². The smallest absolute Gasteiger partial charge is 0.238 e. The van der Waals surface area contributed by atoms with Gasteiger partial charge in [-0.25, -0.2) is 0 Å². The standard InChI is InChI=1S/C16H22N4O2/c1-12-13(9-17-20(12)3)10-19(2)11-16(21)18-14-6-5-7-15(8-14)22-4/h5-9H,10-11H2,1-4H3,(H,18,21). The van der Waals surface area contributed by atoms with E-state index in [2.05, 4.69) is 10.4 Å². The van der Waals surface area contributed by atoms with Crippen LogP contribution < -0.4 is 10.1 Å². The molecule has 22 heavy (non-hydrogen) atoms. The maximum Gasteiger partial charge on any atom is 0.238 e. The molecule has 118 valence electrons. The predicted molar refractivity (Wildman–Crippen MR) is 85.9 cm³/mol. The molecule has 1 amide bonds. The fourth-order valence-corrected chi connectivity index (χ4v) is 2.19. The van der Waals surface area contributed by atoms with Crippen molar-refractivity contribution < 1.29 is 9.53 Å². The summed E-state index contributed by atoms with van der Waals surface area (Å²) in [5.74, 6) is 0.662. The van der Waals surface area contributed by atoms with Gasteiger partial charge in [-0.1, -0.05) is 6.07 Å². The van der Waals surface area contributed by atoms with Crippen molar-refractivity contribution in [1.82, 2.24) is 14.7 Å². The largest absolute Gasteiger partial charge is 0.497 e. The van der Waals surface area contributed by atoms with Crippen LogP contribution in [0.1, 0.15) is 11.3 Å². The molecule has 0 fully saturated rings. The summed E-state index contributed by atoms with van der Waals surface area (Å²) < 4.78 is 6.97. The van der Waals surface area contributed by atoms with Gasteiger partial charge in [-0.3, -0.25) is 14.4 Å².